The molecule has 0 radical (unpaired) electrons. The Morgan fingerprint density at radius 1 is 1.21 bits per heavy atom. The number of hydrogen-bond donors (Lipinski definition) is 1. The number of nitrogens with zero attached hydrogens (tertiary/aromatic N) is 2. The number of hydrogen-bond acceptors (Lipinski definition) is 2. The molecule has 0 unspecified atom stereocenters. The summed E-state index contributed by atoms with van der Waals surface area (Å²) in [5.41, 5.74) is 7.91. The lowest BCUT2D eigenvalue weighted by Crippen LogP contribution is -2.24. The molecule has 0 spiro atoms. The highest BCUT2D eigenvalue weighted by molar-refractivity contribution is 6.30. The second kappa shape index (κ2) is 5.53. The Hall–Kier alpha value is -1.68. The van der Waals surface area contributed by atoms with E-state index in [2.05, 4.69) is 6.92 Å². The molecule has 0 aliphatic heterocycles. The highest BCUT2D eigenvalue weighted by Crippen LogP contribution is 2.13. The van der Waals surface area contributed by atoms with Crippen LogP contribution in [0.3, 0.4) is 0 Å². The second-order valence-electron chi connectivity index (χ2n) is 4.61. The van der Waals surface area contributed by atoms with Crippen molar-refractivity contribution in [3.05, 3.63) is 50.9 Å². The van der Waals surface area contributed by atoms with Gasteiger partial charge in [0.25, 0.3) is 5.56 Å². The second-order valence-corrected chi connectivity index (χ2v) is 5.05. The van der Waals surface area contributed by atoms with Crippen LogP contribution in [-0.4, -0.2) is 9.36 Å². The Morgan fingerprint density at radius 3 is 2.42 bits per heavy atom. The molecule has 1 aromatic carbocycles. The molecule has 0 saturated carbocycles. The van der Waals surface area contributed by atoms with Crippen molar-refractivity contribution in [2.24, 2.45) is 0 Å². The van der Waals surface area contributed by atoms with Gasteiger partial charge in [0.1, 0.15) is 5.69 Å². The fourth-order valence-corrected chi connectivity index (χ4v) is 2.27. The average Bonchev–Trinajstić information content (AvgIpc) is 2.59. The van der Waals surface area contributed by atoms with Gasteiger partial charge in [0.15, 0.2) is 0 Å². The molecule has 1 aromatic heterocycles. The first-order chi connectivity index (χ1) is 9.04. The van der Waals surface area contributed by atoms with Gasteiger partial charge < -0.3 is 5.73 Å². The molecular weight excluding hydrogens is 262 g/mol. The predicted molar refractivity (Wildman–Crippen MR) is 78.7 cm³/mol. The minimum Gasteiger partial charge on any atom is -0.393 e. The summed E-state index contributed by atoms with van der Waals surface area (Å²) in [5, 5.41) is 0.690. The number of rotatable bonds is 4. The van der Waals surface area contributed by atoms with E-state index in [1.54, 1.807) is 4.68 Å². The first-order valence-electron chi connectivity index (χ1n) is 6.34. The zero-order chi connectivity index (χ0) is 14.0. The quantitative estimate of drug-likeness (QED) is 0.935. The lowest BCUT2D eigenvalue weighted by molar-refractivity contribution is 0.457. The Bertz CT molecular complexity index is 625. The van der Waals surface area contributed by atoms with Crippen LogP contribution >= 0.6 is 11.6 Å². The molecule has 0 aliphatic carbocycles. The number of nitrogen functional groups attached to an aromatic ring is 1. The molecule has 4 nitrogen and oxygen atoms in total. The summed E-state index contributed by atoms with van der Waals surface area (Å²) in [6.07, 6.45) is 0.953. The molecule has 2 N–H and O–H groups in total. The molecule has 5 heteroatoms. The molecule has 2 aromatic rings. The van der Waals surface area contributed by atoms with Gasteiger partial charge in [0.2, 0.25) is 0 Å². The van der Waals surface area contributed by atoms with Crippen molar-refractivity contribution in [3.8, 4) is 0 Å². The molecule has 0 amide bonds. The molecular formula is C14H18ClN3O. The van der Waals surface area contributed by atoms with E-state index >= 15 is 0 Å². The summed E-state index contributed by atoms with van der Waals surface area (Å²) in [5.74, 6) is 0. The van der Waals surface area contributed by atoms with Gasteiger partial charge in [-0.1, -0.05) is 30.7 Å². The van der Waals surface area contributed by atoms with Crippen LogP contribution in [0.2, 0.25) is 5.02 Å². The number of aromatic nitrogens is 2. The van der Waals surface area contributed by atoms with Gasteiger partial charge in [-0.2, -0.15) is 0 Å². The lowest BCUT2D eigenvalue weighted by atomic mass is 10.2. The summed E-state index contributed by atoms with van der Waals surface area (Å²) in [6.45, 7) is 5.25. The average molecular weight is 280 g/mol. The molecule has 0 bridgehead atoms. The van der Waals surface area contributed by atoms with E-state index < -0.39 is 0 Å². The summed E-state index contributed by atoms with van der Waals surface area (Å²) < 4.78 is 3.64. The lowest BCUT2D eigenvalue weighted by Gasteiger charge is -2.12. The van der Waals surface area contributed by atoms with Gasteiger partial charge in [-0.05, 0) is 31.0 Å². The Morgan fingerprint density at radius 2 is 1.84 bits per heavy atom. The van der Waals surface area contributed by atoms with Crippen molar-refractivity contribution in [2.45, 2.75) is 33.4 Å². The molecule has 0 fully saturated rings. The molecule has 0 atom stereocenters. The van der Waals surface area contributed by atoms with E-state index in [4.69, 9.17) is 17.3 Å². The Balaban J connectivity index is 2.41. The molecule has 2 rings (SSSR count). The summed E-state index contributed by atoms with van der Waals surface area (Å²) in [4.78, 5) is 12.1. The third kappa shape index (κ3) is 2.68. The van der Waals surface area contributed by atoms with Gasteiger partial charge >= 0.3 is 0 Å². The number of halogens is 1. The van der Waals surface area contributed by atoms with Gasteiger partial charge in [-0.25, -0.2) is 4.68 Å². The minimum absolute atomic E-state index is 0.124. The van der Waals surface area contributed by atoms with Crippen molar-refractivity contribution >= 4 is 17.3 Å². The van der Waals surface area contributed by atoms with Crippen LogP contribution in [0.5, 0.6) is 0 Å². The van der Waals surface area contributed by atoms with E-state index in [-0.39, 0.29) is 5.56 Å². The highest BCUT2D eigenvalue weighted by atomic mass is 35.5. The normalized spacial score (nSPS) is 10.9. The fourth-order valence-electron chi connectivity index (χ4n) is 2.14. The van der Waals surface area contributed by atoms with Crippen molar-refractivity contribution < 1.29 is 0 Å². The third-order valence-corrected chi connectivity index (χ3v) is 3.47. The molecule has 0 saturated heterocycles. The van der Waals surface area contributed by atoms with Crippen LogP contribution in [-0.2, 0) is 13.1 Å². The van der Waals surface area contributed by atoms with Crippen molar-refractivity contribution in [2.75, 3.05) is 5.73 Å². The zero-order valence-corrected chi connectivity index (χ0v) is 11.9. The SMILES string of the molecule is CCCn1c(C)c(N)c(=O)n1Cc1ccc(Cl)cc1. The number of nitrogens with two attached hydrogens (primary N) is 1. The van der Waals surface area contributed by atoms with E-state index in [0.717, 1.165) is 24.2 Å². The maximum atomic E-state index is 12.1. The standard InChI is InChI=1S/C14H18ClN3O/c1-3-8-17-10(2)13(16)14(19)18(17)9-11-4-6-12(15)7-5-11/h4-7H,3,8-9,16H2,1-2H3. The Kier molecular flexibility index (Phi) is 4.00. The topological polar surface area (TPSA) is 52.9 Å². The highest BCUT2D eigenvalue weighted by Gasteiger charge is 2.13. The third-order valence-electron chi connectivity index (χ3n) is 3.21. The summed E-state index contributed by atoms with van der Waals surface area (Å²) in [6, 6.07) is 7.49. The predicted octanol–water partition coefficient (Wildman–Crippen LogP) is 2.65. The van der Waals surface area contributed by atoms with E-state index in [9.17, 15) is 4.79 Å². The molecule has 1 heterocycles. The monoisotopic (exact) mass is 279 g/mol. The maximum absolute atomic E-state index is 12.1. The van der Waals surface area contributed by atoms with Gasteiger partial charge in [-0.15, -0.1) is 0 Å². The summed E-state index contributed by atoms with van der Waals surface area (Å²) >= 11 is 5.86. The Labute approximate surface area is 117 Å². The van der Waals surface area contributed by atoms with Crippen LogP contribution in [0.25, 0.3) is 0 Å². The molecule has 19 heavy (non-hydrogen) atoms. The fraction of sp³-hybridized carbons (Fsp3) is 0.357. The minimum atomic E-state index is -0.124. The van der Waals surface area contributed by atoms with E-state index in [1.807, 2.05) is 35.9 Å². The van der Waals surface area contributed by atoms with Crippen LogP contribution in [0.1, 0.15) is 24.6 Å². The number of anilines is 1. The van der Waals surface area contributed by atoms with Crippen LogP contribution in [0.15, 0.2) is 29.1 Å². The van der Waals surface area contributed by atoms with Gasteiger partial charge in [0.05, 0.1) is 12.2 Å². The number of benzene rings is 1. The maximum Gasteiger partial charge on any atom is 0.290 e. The van der Waals surface area contributed by atoms with E-state index in [0.29, 0.717) is 17.3 Å². The molecule has 0 aliphatic rings. The van der Waals surface area contributed by atoms with E-state index in [1.165, 1.54) is 0 Å². The first kappa shape index (κ1) is 13.7. The van der Waals surface area contributed by atoms with Crippen LogP contribution < -0.4 is 11.3 Å². The van der Waals surface area contributed by atoms with Crippen molar-refractivity contribution in [1.29, 1.82) is 0 Å². The summed E-state index contributed by atoms with van der Waals surface area (Å²) in [7, 11) is 0. The zero-order valence-electron chi connectivity index (χ0n) is 11.2. The van der Waals surface area contributed by atoms with Crippen LogP contribution in [0, 0.1) is 6.92 Å². The first-order valence-corrected chi connectivity index (χ1v) is 6.72. The van der Waals surface area contributed by atoms with Gasteiger partial charge in [-0.3, -0.25) is 9.48 Å². The molecule has 102 valence electrons. The largest absolute Gasteiger partial charge is 0.393 e. The van der Waals surface area contributed by atoms with Crippen LogP contribution in [0.4, 0.5) is 5.69 Å². The van der Waals surface area contributed by atoms with Crippen molar-refractivity contribution in [1.82, 2.24) is 9.36 Å². The smallest absolute Gasteiger partial charge is 0.290 e. The van der Waals surface area contributed by atoms with Crippen molar-refractivity contribution in [3.63, 3.8) is 0 Å². The van der Waals surface area contributed by atoms with Gasteiger partial charge in [0, 0.05) is 11.6 Å².